The molecule has 23 heavy (non-hydrogen) atoms. The van der Waals surface area contributed by atoms with Gasteiger partial charge in [-0.1, -0.05) is 29.8 Å². The van der Waals surface area contributed by atoms with Gasteiger partial charge >= 0.3 is 11.5 Å². The Morgan fingerprint density at radius 1 is 1.04 bits per heavy atom. The first-order chi connectivity index (χ1) is 10.5. The van der Waals surface area contributed by atoms with E-state index in [1.807, 2.05) is 0 Å². The highest BCUT2D eigenvalue weighted by molar-refractivity contribution is 7.92. The van der Waals surface area contributed by atoms with Crippen LogP contribution in [0.5, 0.6) is 0 Å². The fraction of sp³-hybridized carbons (Fsp3) is 0.0714. The van der Waals surface area contributed by atoms with Crippen LogP contribution in [0.4, 0.5) is 13.2 Å². The minimum atomic E-state index is -5.62. The molecule has 0 amide bonds. The van der Waals surface area contributed by atoms with E-state index in [1.165, 1.54) is 24.3 Å². The number of carbonyl (C=O) groups is 1. The molecule has 122 valence electrons. The molecule has 2 aromatic carbocycles. The van der Waals surface area contributed by atoms with E-state index in [2.05, 4.69) is 0 Å². The zero-order valence-electron chi connectivity index (χ0n) is 11.1. The minimum Gasteiger partial charge on any atom is -0.478 e. The second-order valence-electron chi connectivity index (χ2n) is 4.47. The van der Waals surface area contributed by atoms with Crippen molar-refractivity contribution in [3.8, 4) is 11.1 Å². The van der Waals surface area contributed by atoms with Crippen LogP contribution in [0.15, 0.2) is 47.4 Å². The number of carboxylic acid groups (broad SMARTS) is 1. The summed E-state index contributed by atoms with van der Waals surface area (Å²) in [5.74, 6) is -1.55. The summed E-state index contributed by atoms with van der Waals surface area (Å²) < 4.78 is 60.5. The number of hydrogen-bond donors (Lipinski definition) is 1. The second-order valence-corrected chi connectivity index (χ2v) is 6.85. The normalized spacial score (nSPS) is 12.2. The molecule has 0 atom stereocenters. The summed E-state index contributed by atoms with van der Waals surface area (Å²) in [6.45, 7) is 0. The Labute approximate surface area is 134 Å². The van der Waals surface area contributed by atoms with Crippen molar-refractivity contribution in [1.29, 1.82) is 0 Å². The zero-order valence-corrected chi connectivity index (χ0v) is 12.7. The van der Waals surface area contributed by atoms with Gasteiger partial charge in [0.25, 0.3) is 9.84 Å². The highest BCUT2D eigenvalue weighted by atomic mass is 35.5. The van der Waals surface area contributed by atoms with Crippen molar-refractivity contribution in [2.24, 2.45) is 0 Å². The number of aromatic carboxylic acids is 1. The van der Waals surface area contributed by atoms with Crippen molar-refractivity contribution >= 4 is 27.4 Å². The first-order valence-electron chi connectivity index (χ1n) is 5.98. The molecule has 0 aliphatic carbocycles. The summed E-state index contributed by atoms with van der Waals surface area (Å²) in [5, 5.41) is 9.56. The Bertz CT molecular complexity index is 859. The molecule has 0 aromatic heterocycles. The standard InChI is InChI=1S/C14H8ClF3O4S/c15-9-3-1-8(2-4-9)11-6-5-10(7-12(11)13(19)20)23(21,22)14(16,17)18/h1-7H,(H,19,20). The predicted molar refractivity (Wildman–Crippen MR) is 77.1 cm³/mol. The van der Waals surface area contributed by atoms with E-state index >= 15 is 0 Å². The van der Waals surface area contributed by atoms with Gasteiger partial charge in [-0.05, 0) is 35.4 Å². The number of sulfone groups is 1. The molecule has 2 rings (SSSR count). The summed E-state index contributed by atoms with van der Waals surface area (Å²) in [4.78, 5) is 10.2. The third kappa shape index (κ3) is 3.32. The monoisotopic (exact) mass is 364 g/mol. The van der Waals surface area contributed by atoms with E-state index in [1.54, 1.807) is 0 Å². The third-order valence-corrected chi connectivity index (χ3v) is 4.73. The van der Waals surface area contributed by atoms with Gasteiger partial charge in [-0.15, -0.1) is 0 Å². The summed E-state index contributed by atoms with van der Waals surface area (Å²) in [7, 11) is -5.62. The van der Waals surface area contributed by atoms with Crippen molar-refractivity contribution < 1.29 is 31.5 Å². The molecule has 0 fully saturated rings. The predicted octanol–water partition coefficient (Wildman–Crippen LogP) is 4.00. The van der Waals surface area contributed by atoms with Crippen molar-refractivity contribution in [1.82, 2.24) is 0 Å². The molecule has 2 aromatic rings. The molecule has 0 radical (unpaired) electrons. The van der Waals surface area contributed by atoms with Crippen LogP contribution in [-0.2, 0) is 9.84 Å². The van der Waals surface area contributed by atoms with Gasteiger partial charge in [-0.2, -0.15) is 13.2 Å². The Morgan fingerprint density at radius 3 is 2.09 bits per heavy atom. The Kier molecular flexibility index (Phi) is 4.41. The Balaban J connectivity index is 2.65. The molecule has 0 aliphatic heterocycles. The highest BCUT2D eigenvalue weighted by Gasteiger charge is 2.47. The topological polar surface area (TPSA) is 71.4 Å². The molecular formula is C14H8ClF3O4S. The Morgan fingerprint density at radius 2 is 1.61 bits per heavy atom. The lowest BCUT2D eigenvalue weighted by molar-refractivity contribution is -0.0436. The molecule has 0 heterocycles. The van der Waals surface area contributed by atoms with E-state index < -0.39 is 31.8 Å². The maximum atomic E-state index is 12.6. The molecule has 9 heteroatoms. The molecule has 1 N–H and O–H groups in total. The molecule has 4 nitrogen and oxygen atoms in total. The fourth-order valence-corrected chi connectivity index (χ4v) is 2.80. The van der Waals surface area contributed by atoms with Crippen LogP contribution in [0.3, 0.4) is 0 Å². The maximum absolute atomic E-state index is 12.6. The van der Waals surface area contributed by atoms with Crippen molar-refractivity contribution in [3.63, 3.8) is 0 Å². The highest BCUT2D eigenvalue weighted by Crippen LogP contribution is 2.33. The van der Waals surface area contributed by atoms with E-state index in [4.69, 9.17) is 11.6 Å². The second kappa shape index (κ2) is 5.86. The smallest absolute Gasteiger partial charge is 0.478 e. The van der Waals surface area contributed by atoms with Gasteiger partial charge < -0.3 is 5.11 Å². The number of benzene rings is 2. The molecular weight excluding hydrogens is 357 g/mol. The maximum Gasteiger partial charge on any atom is 0.501 e. The van der Waals surface area contributed by atoms with Gasteiger partial charge in [0.05, 0.1) is 10.5 Å². The van der Waals surface area contributed by atoms with Crippen molar-refractivity contribution in [2.75, 3.05) is 0 Å². The quantitative estimate of drug-likeness (QED) is 0.893. The molecule has 0 aliphatic rings. The number of alkyl halides is 3. The van der Waals surface area contributed by atoms with Crippen LogP contribution in [0.1, 0.15) is 10.4 Å². The summed E-state index contributed by atoms with van der Waals surface area (Å²) >= 11 is 5.72. The van der Waals surface area contributed by atoms with Crippen LogP contribution >= 0.6 is 11.6 Å². The van der Waals surface area contributed by atoms with E-state index in [0.29, 0.717) is 16.7 Å². The SMILES string of the molecule is O=C(O)c1cc(S(=O)(=O)C(F)(F)F)ccc1-c1ccc(Cl)cc1. The lowest BCUT2D eigenvalue weighted by Gasteiger charge is -2.11. The lowest BCUT2D eigenvalue weighted by atomic mass is 10.00. The van der Waals surface area contributed by atoms with Crippen LogP contribution in [0, 0.1) is 0 Å². The first kappa shape index (κ1) is 17.3. The number of rotatable bonds is 3. The average Bonchev–Trinajstić information content (AvgIpc) is 2.46. The van der Waals surface area contributed by atoms with Crippen LogP contribution in [-0.4, -0.2) is 25.0 Å². The largest absolute Gasteiger partial charge is 0.501 e. The van der Waals surface area contributed by atoms with Gasteiger partial charge in [-0.25, -0.2) is 13.2 Å². The zero-order chi connectivity index (χ0) is 17.4. The lowest BCUT2D eigenvalue weighted by Crippen LogP contribution is -2.23. The molecule has 0 spiro atoms. The summed E-state index contributed by atoms with van der Waals surface area (Å²) in [6, 6.07) is 8.13. The fourth-order valence-electron chi connectivity index (χ4n) is 1.88. The molecule has 0 unspecified atom stereocenters. The van der Waals surface area contributed by atoms with Crippen molar-refractivity contribution in [3.05, 3.63) is 53.1 Å². The third-order valence-electron chi connectivity index (χ3n) is 2.99. The van der Waals surface area contributed by atoms with E-state index in [9.17, 15) is 31.5 Å². The Hall–Kier alpha value is -2.06. The van der Waals surface area contributed by atoms with Gasteiger partial charge in [0.1, 0.15) is 0 Å². The number of halogens is 4. The number of carboxylic acids is 1. The number of hydrogen-bond acceptors (Lipinski definition) is 3. The van der Waals surface area contributed by atoms with Gasteiger partial charge in [-0.3, -0.25) is 0 Å². The van der Waals surface area contributed by atoms with Gasteiger partial charge in [0.15, 0.2) is 0 Å². The van der Waals surface area contributed by atoms with Crippen LogP contribution in [0.25, 0.3) is 11.1 Å². The van der Waals surface area contributed by atoms with Gasteiger partial charge in [0, 0.05) is 5.02 Å². The minimum absolute atomic E-state index is 0.0790. The average molecular weight is 365 g/mol. The van der Waals surface area contributed by atoms with E-state index in [0.717, 1.165) is 12.1 Å². The van der Waals surface area contributed by atoms with Crippen molar-refractivity contribution in [2.45, 2.75) is 10.4 Å². The molecule has 0 bridgehead atoms. The summed E-state index contributed by atoms with van der Waals surface area (Å²) in [6.07, 6.45) is 0. The summed E-state index contributed by atoms with van der Waals surface area (Å²) in [5.41, 5.74) is -5.61. The molecule has 0 saturated heterocycles. The first-order valence-corrected chi connectivity index (χ1v) is 7.85. The van der Waals surface area contributed by atoms with Gasteiger partial charge in [0.2, 0.25) is 0 Å². The van der Waals surface area contributed by atoms with Crippen LogP contribution < -0.4 is 0 Å². The van der Waals surface area contributed by atoms with Crippen LogP contribution in [0.2, 0.25) is 5.02 Å². The molecule has 0 saturated carbocycles. The van der Waals surface area contributed by atoms with E-state index in [-0.39, 0.29) is 5.56 Å².